The van der Waals surface area contributed by atoms with Crippen molar-refractivity contribution in [3.63, 3.8) is 0 Å². The van der Waals surface area contributed by atoms with E-state index < -0.39 is 5.82 Å². The van der Waals surface area contributed by atoms with E-state index in [2.05, 4.69) is 5.32 Å². The van der Waals surface area contributed by atoms with Crippen LogP contribution in [0.2, 0.25) is 0 Å². The number of hydrogen-bond acceptors (Lipinski definition) is 3. The summed E-state index contributed by atoms with van der Waals surface area (Å²) < 4.78 is 24.5. The van der Waals surface area contributed by atoms with Gasteiger partial charge >= 0.3 is 0 Å². The van der Waals surface area contributed by atoms with Gasteiger partial charge in [-0.05, 0) is 42.0 Å². The van der Waals surface area contributed by atoms with E-state index in [1.54, 1.807) is 49.6 Å². The van der Waals surface area contributed by atoms with Gasteiger partial charge in [-0.1, -0.05) is 30.3 Å². The van der Waals surface area contributed by atoms with Crippen LogP contribution in [0.15, 0.2) is 72.8 Å². The normalized spacial score (nSPS) is 10.2. The molecule has 0 aromatic heterocycles. The van der Waals surface area contributed by atoms with E-state index >= 15 is 0 Å². The third-order valence-corrected chi connectivity index (χ3v) is 3.78. The maximum atomic E-state index is 13.6. The van der Waals surface area contributed by atoms with E-state index in [0.29, 0.717) is 17.9 Å². The summed E-state index contributed by atoms with van der Waals surface area (Å²) >= 11 is 0. The van der Waals surface area contributed by atoms with Crippen molar-refractivity contribution in [1.82, 2.24) is 0 Å². The molecule has 132 valence electrons. The van der Waals surface area contributed by atoms with Crippen molar-refractivity contribution in [1.29, 1.82) is 0 Å². The number of ether oxygens (including phenoxy) is 2. The molecule has 0 aliphatic rings. The summed E-state index contributed by atoms with van der Waals surface area (Å²) in [5.74, 6) is 0.591. The molecule has 26 heavy (non-hydrogen) atoms. The number of amides is 1. The monoisotopic (exact) mass is 351 g/mol. The highest BCUT2D eigenvalue weighted by Gasteiger charge is 2.09. The summed E-state index contributed by atoms with van der Waals surface area (Å²) in [7, 11) is 1.60. The molecule has 3 aromatic carbocycles. The number of nitrogens with one attached hydrogen (secondary N) is 1. The topological polar surface area (TPSA) is 47.6 Å². The largest absolute Gasteiger partial charge is 0.497 e. The van der Waals surface area contributed by atoms with Crippen LogP contribution >= 0.6 is 0 Å². The third-order valence-electron chi connectivity index (χ3n) is 3.78. The molecule has 3 aromatic rings. The molecule has 0 aliphatic carbocycles. The summed E-state index contributed by atoms with van der Waals surface area (Å²) in [6, 6.07) is 20.4. The molecule has 1 N–H and O–H groups in total. The Hall–Kier alpha value is -3.34. The van der Waals surface area contributed by atoms with E-state index in [1.807, 2.05) is 18.2 Å². The molecule has 0 saturated heterocycles. The average molecular weight is 351 g/mol. The van der Waals surface area contributed by atoms with Gasteiger partial charge in [-0.3, -0.25) is 4.79 Å². The Morgan fingerprint density at radius 2 is 1.69 bits per heavy atom. The minimum Gasteiger partial charge on any atom is -0.497 e. The van der Waals surface area contributed by atoms with Crippen LogP contribution in [0.3, 0.4) is 0 Å². The molecule has 0 saturated carbocycles. The van der Waals surface area contributed by atoms with Gasteiger partial charge in [0.1, 0.15) is 23.9 Å². The Labute approximate surface area is 151 Å². The van der Waals surface area contributed by atoms with Gasteiger partial charge < -0.3 is 14.8 Å². The van der Waals surface area contributed by atoms with Crippen molar-refractivity contribution in [2.75, 3.05) is 12.4 Å². The Bertz CT molecular complexity index is 894. The average Bonchev–Trinajstić information content (AvgIpc) is 2.68. The first-order valence-electron chi connectivity index (χ1n) is 8.07. The second-order valence-electron chi connectivity index (χ2n) is 5.60. The molecule has 3 rings (SSSR count). The van der Waals surface area contributed by atoms with Crippen molar-refractivity contribution in [3.8, 4) is 11.5 Å². The SMILES string of the molecule is COc1cccc(OCc2ccc(C(=O)Nc3ccccc3F)cc2)c1. The fraction of sp³-hybridized carbons (Fsp3) is 0.0952. The number of rotatable bonds is 6. The van der Waals surface area contributed by atoms with Crippen LogP contribution in [-0.2, 0) is 6.61 Å². The zero-order chi connectivity index (χ0) is 18.4. The summed E-state index contributed by atoms with van der Waals surface area (Å²) in [5, 5.41) is 2.56. The first kappa shape index (κ1) is 17.5. The first-order valence-corrected chi connectivity index (χ1v) is 8.07. The highest BCUT2D eigenvalue weighted by atomic mass is 19.1. The van der Waals surface area contributed by atoms with E-state index in [1.165, 1.54) is 12.1 Å². The van der Waals surface area contributed by atoms with Gasteiger partial charge in [-0.2, -0.15) is 0 Å². The number of carbonyl (C=O) groups is 1. The lowest BCUT2D eigenvalue weighted by molar-refractivity contribution is 0.102. The summed E-state index contributed by atoms with van der Waals surface area (Å²) in [6.45, 7) is 0.363. The van der Waals surface area contributed by atoms with Crippen LogP contribution in [0.25, 0.3) is 0 Å². The number of benzene rings is 3. The first-order chi connectivity index (χ1) is 12.7. The van der Waals surface area contributed by atoms with E-state index in [4.69, 9.17) is 9.47 Å². The van der Waals surface area contributed by atoms with Crippen LogP contribution < -0.4 is 14.8 Å². The maximum Gasteiger partial charge on any atom is 0.255 e. The molecule has 0 unspecified atom stereocenters. The second kappa shape index (κ2) is 8.16. The lowest BCUT2D eigenvalue weighted by Crippen LogP contribution is -2.13. The molecule has 1 amide bonds. The minimum absolute atomic E-state index is 0.155. The zero-order valence-electron chi connectivity index (χ0n) is 14.2. The number of halogens is 1. The van der Waals surface area contributed by atoms with Crippen LogP contribution in [0.1, 0.15) is 15.9 Å². The van der Waals surface area contributed by atoms with Gasteiger partial charge in [0, 0.05) is 11.6 Å². The Morgan fingerprint density at radius 1 is 0.962 bits per heavy atom. The smallest absolute Gasteiger partial charge is 0.255 e. The lowest BCUT2D eigenvalue weighted by Gasteiger charge is -2.09. The predicted molar refractivity (Wildman–Crippen MR) is 98.1 cm³/mol. The lowest BCUT2D eigenvalue weighted by atomic mass is 10.1. The van der Waals surface area contributed by atoms with Crippen molar-refractivity contribution < 1.29 is 18.7 Å². The number of hydrogen-bond donors (Lipinski definition) is 1. The second-order valence-corrected chi connectivity index (χ2v) is 5.60. The van der Waals surface area contributed by atoms with Gasteiger partial charge in [-0.25, -0.2) is 4.39 Å². The van der Waals surface area contributed by atoms with Gasteiger partial charge in [0.25, 0.3) is 5.91 Å². The Morgan fingerprint density at radius 3 is 2.42 bits per heavy atom. The summed E-state index contributed by atoms with van der Waals surface area (Å²) in [6.07, 6.45) is 0. The van der Waals surface area contributed by atoms with E-state index in [0.717, 1.165) is 11.3 Å². The molecular weight excluding hydrogens is 333 g/mol. The molecule has 0 fully saturated rings. The highest BCUT2D eigenvalue weighted by Crippen LogP contribution is 2.20. The maximum absolute atomic E-state index is 13.6. The van der Waals surface area contributed by atoms with Crippen LogP contribution in [-0.4, -0.2) is 13.0 Å². The number of carbonyl (C=O) groups excluding carboxylic acids is 1. The molecule has 0 heterocycles. The van der Waals surface area contributed by atoms with Crippen LogP contribution in [0.4, 0.5) is 10.1 Å². The predicted octanol–water partition coefficient (Wildman–Crippen LogP) is 4.67. The molecule has 4 nitrogen and oxygen atoms in total. The molecule has 0 spiro atoms. The van der Waals surface area contributed by atoms with E-state index in [-0.39, 0.29) is 11.6 Å². The zero-order valence-corrected chi connectivity index (χ0v) is 14.2. The standard InChI is InChI=1S/C21H18FNO3/c1-25-17-5-4-6-18(13-17)26-14-15-9-11-16(12-10-15)21(24)23-20-8-3-2-7-19(20)22/h2-13H,14H2,1H3,(H,23,24). The molecule has 0 bridgehead atoms. The van der Waals surface area contributed by atoms with Gasteiger partial charge in [0.15, 0.2) is 0 Å². The van der Waals surface area contributed by atoms with Crippen molar-refractivity contribution in [3.05, 3.63) is 89.7 Å². The fourth-order valence-corrected chi connectivity index (χ4v) is 2.37. The van der Waals surface area contributed by atoms with Crippen molar-refractivity contribution in [2.24, 2.45) is 0 Å². The van der Waals surface area contributed by atoms with Crippen molar-refractivity contribution in [2.45, 2.75) is 6.61 Å². The quantitative estimate of drug-likeness (QED) is 0.702. The minimum atomic E-state index is -0.468. The molecule has 0 aliphatic heterocycles. The molecular formula is C21H18FNO3. The fourth-order valence-electron chi connectivity index (χ4n) is 2.37. The summed E-state index contributed by atoms with van der Waals surface area (Å²) in [4.78, 5) is 12.2. The Kier molecular flexibility index (Phi) is 5.49. The van der Waals surface area contributed by atoms with Gasteiger partial charge in [-0.15, -0.1) is 0 Å². The third kappa shape index (κ3) is 4.39. The van der Waals surface area contributed by atoms with Crippen LogP contribution in [0, 0.1) is 5.82 Å². The van der Waals surface area contributed by atoms with Gasteiger partial charge in [0.05, 0.1) is 12.8 Å². The molecule has 5 heteroatoms. The van der Waals surface area contributed by atoms with Crippen LogP contribution in [0.5, 0.6) is 11.5 Å². The number of para-hydroxylation sites is 1. The summed E-state index contributed by atoms with van der Waals surface area (Å²) in [5.41, 5.74) is 1.51. The number of anilines is 1. The molecule has 0 atom stereocenters. The molecule has 0 radical (unpaired) electrons. The number of methoxy groups -OCH3 is 1. The highest BCUT2D eigenvalue weighted by molar-refractivity contribution is 6.04. The Balaban J connectivity index is 1.61. The van der Waals surface area contributed by atoms with Gasteiger partial charge in [0.2, 0.25) is 0 Å². The van der Waals surface area contributed by atoms with Crippen molar-refractivity contribution >= 4 is 11.6 Å². The van der Waals surface area contributed by atoms with E-state index in [9.17, 15) is 9.18 Å².